The quantitative estimate of drug-likeness (QED) is 0.524. The molecule has 3 rings (SSSR count). The minimum Gasteiger partial charge on any atom is -0.493 e. The number of aromatic nitrogens is 1. The highest BCUT2D eigenvalue weighted by atomic mass is 35.5. The highest BCUT2D eigenvalue weighted by Gasteiger charge is 2.19. The van der Waals surface area contributed by atoms with E-state index in [-0.39, 0.29) is 16.7 Å². The number of nitrogens with zero attached hydrogens (tertiary/aromatic N) is 1. The highest BCUT2D eigenvalue weighted by Crippen LogP contribution is 2.37. The Bertz CT molecular complexity index is 1100. The maximum atomic E-state index is 12.6. The number of rotatable bonds is 6. The molecule has 0 aliphatic heterocycles. The van der Waals surface area contributed by atoms with Crippen LogP contribution in [0.3, 0.4) is 0 Å². The van der Waals surface area contributed by atoms with E-state index in [4.69, 9.17) is 21.1 Å². The predicted octanol–water partition coefficient (Wildman–Crippen LogP) is 4.64. The fraction of sp³-hybridized carbons (Fsp3) is 0.227. The van der Waals surface area contributed by atoms with Gasteiger partial charge in [0.15, 0.2) is 11.5 Å². The van der Waals surface area contributed by atoms with Crippen LogP contribution >= 0.6 is 22.9 Å². The van der Waals surface area contributed by atoms with Crippen LogP contribution < -0.4 is 20.3 Å². The molecule has 7 nitrogen and oxygen atoms in total. The van der Waals surface area contributed by atoms with Crippen LogP contribution in [-0.4, -0.2) is 30.0 Å². The van der Waals surface area contributed by atoms with Crippen LogP contribution in [0.15, 0.2) is 42.5 Å². The summed E-state index contributed by atoms with van der Waals surface area (Å²) in [6.07, 6.45) is -0.117. The van der Waals surface area contributed by atoms with E-state index in [0.717, 1.165) is 10.6 Å². The van der Waals surface area contributed by atoms with Gasteiger partial charge in [-0.05, 0) is 32.9 Å². The molecule has 1 heterocycles. The predicted molar refractivity (Wildman–Crippen MR) is 121 cm³/mol. The van der Waals surface area contributed by atoms with E-state index in [2.05, 4.69) is 15.8 Å². The summed E-state index contributed by atoms with van der Waals surface area (Å²) in [6, 6.07) is 12.5. The standard InChI is InChI=1S/C22H22ClN3O4S/c1-12(2)30-18-16(23)10-15(11-17(18)29-4)20(27)25-26-21(28)19-13(3)24-22(31-19)14-8-6-5-7-9-14/h5-12H,1-4H3,(H,25,27)(H,26,28). The molecule has 3 aromatic rings. The Kier molecular flexibility index (Phi) is 7.14. The number of carbonyl (C=O) groups is 2. The fourth-order valence-electron chi connectivity index (χ4n) is 2.75. The van der Waals surface area contributed by atoms with Crippen molar-refractivity contribution in [2.45, 2.75) is 26.9 Å². The van der Waals surface area contributed by atoms with E-state index in [0.29, 0.717) is 22.1 Å². The molecule has 0 unspecified atom stereocenters. The maximum Gasteiger partial charge on any atom is 0.281 e. The Labute approximate surface area is 189 Å². The summed E-state index contributed by atoms with van der Waals surface area (Å²) in [5, 5.41) is 0.960. The first-order valence-corrected chi connectivity index (χ1v) is 10.7. The summed E-state index contributed by atoms with van der Waals surface area (Å²) in [5.41, 5.74) is 6.53. The van der Waals surface area contributed by atoms with Crippen molar-refractivity contribution in [2.75, 3.05) is 7.11 Å². The van der Waals surface area contributed by atoms with Gasteiger partial charge in [-0.25, -0.2) is 4.98 Å². The first-order chi connectivity index (χ1) is 14.8. The number of carbonyl (C=O) groups excluding carboxylic acids is 2. The molecule has 0 aliphatic rings. The van der Waals surface area contributed by atoms with Gasteiger partial charge in [0.1, 0.15) is 9.88 Å². The number of hydrogen-bond donors (Lipinski definition) is 2. The summed E-state index contributed by atoms with van der Waals surface area (Å²) in [4.78, 5) is 30.0. The van der Waals surface area contributed by atoms with Crippen LogP contribution in [-0.2, 0) is 0 Å². The smallest absolute Gasteiger partial charge is 0.281 e. The van der Waals surface area contributed by atoms with E-state index < -0.39 is 11.8 Å². The topological polar surface area (TPSA) is 89.6 Å². The van der Waals surface area contributed by atoms with Gasteiger partial charge < -0.3 is 9.47 Å². The van der Waals surface area contributed by atoms with Crippen molar-refractivity contribution >= 4 is 34.8 Å². The van der Waals surface area contributed by atoms with Crippen LogP contribution in [0.25, 0.3) is 10.6 Å². The lowest BCUT2D eigenvalue weighted by Crippen LogP contribution is -2.41. The third kappa shape index (κ3) is 5.34. The minimum absolute atomic E-state index is 0.117. The average molecular weight is 460 g/mol. The van der Waals surface area contributed by atoms with Crippen molar-refractivity contribution in [3.8, 4) is 22.1 Å². The molecular formula is C22H22ClN3O4S. The lowest BCUT2D eigenvalue weighted by Gasteiger charge is -2.16. The molecule has 2 N–H and O–H groups in total. The van der Waals surface area contributed by atoms with Crippen molar-refractivity contribution in [1.82, 2.24) is 15.8 Å². The van der Waals surface area contributed by atoms with E-state index >= 15 is 0 Å². The summed E-state index contributed by atoms with van der Waals surface area (Å²) in [7, 11) is 1.46. The number of aryl methyl sites for hydroxylation is 1. The summed E-state index contributed by atoms with van der Waals surface area (Å²) < 4.78 is 10.9. The van der Waals surface area contributed by atoms with Crippen LogP contribution in [0.1, 0.15) is 39.6 Å². The van der Waals surface area contributed by atoms with Gasteiger partial charge in [-0.3, -0.25) is 20.4 Å². The van der Waals surface area contributed by atoms with Gasteiger partial charge in [0.25, 0.3) is 11.8 Å². The number of hydrazine groups is 1. The third-order valence-corrected chi connectivity index (χ3v) is 5.64. The van der Waals surface area contributed by atoms with Crippen LogP contribution in [0.5, 0.6) is 11.5 Å². The molecule has 0 atom stereocenters. The van der Waals surface area contributed by atoms with Crippen molar-refractivity contribution in [3.63, 3.8) is 0 Å². The summed E-state index contributed by atoms with van der Waals surface area (Å²) in [6.45, 7) is 5.46. The maximum absolute atomic E-state index is 12.6. The van der Waals surface area contributed by atoms with E-state index in [1.54, 1.807) is 6.92 Å². The molecule has 0 radical (unpaired) electrons. The fourth-order valence-corrected chi connectivity index (χ4v) is 3.98. The number of nitrogens with one attached hydrogen (secondary N) is 2. The number of halogens is 1. The molecule has 2 amide bonds. The Morgan fingerprint density at radius 3 is 2.42 bits per heavy atom. The van der Waals surface area contributed by atoms with Crippen LogP contribution in [0.4, 0.5) is 0 Å². The van der Waals surface area contributed by atoms with Crippen molar-refractivity contribution in [1.29, 1.82) is 0 Å². The Hall–Kier alpha value is -3.10. The minimum atomic E-state index is -0.546. The van der Waals surface area contributed by atoms with E-state index in [1.807, 2.05) is 44.2 Å². The normalized spacial score (nSPS) is 10.6. The lowest BCUT2D eigenvalue weighted by atomic mass is 10.2. The van der Waals surface area contributed by atoms with E-state index in [1.165, 1.54) is 30.6 Å². The molecular weight excluding hydrogens is 438 g/mol. The number of methoxy groups -OCH3 is 1. The van der Waals surface area contributed by atoms with Gasteiger partial charge in [-0.1, -0.05) is 41.9 Å². The first-order valence-electron chi connectivity index (χ1n) is 9.47. The van der Waals surface area contributed by atoms with Gasteiger partial charge in [0.05, 0.1) is 23.9 Å². The highest BCUT2D eigenvalue weighted by molar-refractivity contribution is 7.17. The molecule has 2 aromatic carbocycles. The molecule has 0 aliphatic carbocycles. The molecule has 0 bridgehead atoms. The number of hydrogen-bond acceptors (Lipinski definition) is 6. The Balaban J connectivity index is 1.72. The van der Waals surface area contributed by atoms with E-state index in [9.17, 15) is 9.59 Å². The average Bonchev–Trinajstić information content (AvgIpc) is 3.15. The molecule has 0 saturated heterocycles. The summed E-state index contributed by atoms with van der Waals surface area (Å²) >= 11 is 7.52. The Morgan fingerprint density at radius 2 is 1.77 bits per heavy atom. The molecule has 31 heavy (non-hydrogen) atoms. The third-order valence-electron chi connectivity index (χ3n) is 4.16. The SMILES string of the molecule is COc1cc(C(=O)NNC(=O)c2sc(-c3ccccc3)nc2C)cc(Cl)c1OC(C)C. The van der Waals surface area contributed by atoms with Crippen molar-refractivity contribution in [3.05, 3.63) is 63.6 Å². The van der Waals surface area contributed by atoms with Gasteiger partial charge >= 0.3 is 0 Å². The van der Waals surface area contributed by atoms with Crippen LogP contribution in [0, 0.1) is 6.92 Å². The number of thiazole rings is 1. The van der Waals surface area contributed by atoms with Gasteiger partial charge in [-0.15, -0.1) is 11.3 Å². The van der Waals surface area contributed by atoms with Gasteiger partial charge in [-0.2, -0.15) is 0 Å². The zero-order valence-corrected chi connectivity index (χ0v) is 19.1. The molecule has 162 valence electrons. The zero-order valence-electron chi connectivity index (χ0n) is 17.5. The summed E-state index contributed by atoms with van der Waals surface area (Å²) in [5.74, 6) is -0.324. The first kappa shape index (κ1) is 22.6. The molecule has 0 spiro atoms. The molecule has 1 aromatic heterocycles. The van der Waals surface area contributed by atoms with Gasteiger partial charge in [0.2, 0.25) is 0 Å². The number of amides is 2. The number of benzene rings is 2. The second-order valence-corrected chi connectivity index (χ2v) is 8.27. The van der Waals surface area contributed by atoms with Crippen LogP contribution in [0.2, 0.25) is 5.02 Å². The molecule has 9 heteroatoms. The second kappa shape index (κ2) is 9.80. The number of ether oxygens (including phenoxy) is 2. The lowest BCUT2D eigenvalue weighted by molar-refractivity contribution is 0.0848. The zero-order chi connectivity index (χ0) is 22.5. The monoisotopic (exact) mass is 459 g/mol. The Morgan fingerprint density at radius 1 is 1.10 bits per heavy atom. The van der Waals surface area contributed by atoms with Gasteiger partial charge in [0, 0.05) is 11.1 Å². The second-order valence-electron chi connectivity index (χ2n) is 6.86. The van der Waals surface area contributed by atoms with Crippen molar-refractivity contribution in [2.24, 2.45) is 0 Å². The molecule has 0 saturated carbocycles. The largest absolute Gasteiger partial charge is 0.493 e. The molecule has 0 fully saturated rings. The van der Waals surface area contributed by atoms with Crippen molar-refractivity contribution < 1.29 is 19.1 Å².